The monoisotopic (exact) mass is 319 g/mol. The average Bonchev–Trinajstić information content (AvgIpc) is 2.43. The summed E-state index contributed by atoms with van der Waals surface area (Å²) < 4.78 is 1.10. The molecule has 0 aliphatic rings. The van der Waals surface area contributed by atoms with Crippen molar-refractivity contribution >= 4 is 15.9 Å². The van der Waals surface area contributed by atoms with E-state index < -0.39 is 0 Å². The minimum atomic E-state index is 0.143. The summed E-state index contributed by atoms with van der Waals surface area (Å²) in [6.07, 6.45) is 1.81. The van der Waals surface area contributed by atoms with E-state index in [0.29, 0.717) is 6.54 Å². The number of halogens is 1. The third-order valence-corrected chi connectivity index (χ3v) is 3.66. The normalized spacial score (nSPS) is 12.6. The third-order valence-electron chi connectivity index (χ3n) is 3.13. The Labute approximate surface area is 122 Å². The second-order valence-corrected chi connectivity index (χ2v) is 5.46. The van der Waals surface area contributed by atoms with Gasteiger partial charge in [0.1, 0.15) is 0 Å². The highest BCUT2D eigenvalue weighted by Gasteiger charge is 2.16. The molecule has 1 heterocycles. The molecule has 0 spiro atoms. The van der Waals surface area contributed by atoms with Crippen LogP contribution >= 0.6 is 15.9 Å². The molecule has 100 valence electrons. The standard InChI is InChI=1S/C15H18BrN3/c1-19(11-12-5-7-13(16)8-6-12)15(10-17)14-4-2-3-9-18-14/h2-9,15H,10-11,17H2,1H3. The number of pyridine rings is 1. The van der Waals surface area contributed by atoms with Crippen LogP contribution in [0.4, 0.5) is 0 Å². The van der Waals surface area contributed by atoms with Gasteiger partial charge in [0, 0.05) is 23.8 Å². The van der Waals surface area contributed by atoms with E-state index in [4.69, 9.17) is 5.73 Å². The van der Waals surface area contributed by atoms with Gasteiger partial charge in [0.2, 0.25) is 0 Å². The van der Waals surface area contributed by atoms with Crippen molar-refractivity contribution in [2.24, 2.45) is 5.73 Å². The summed E-state index contributed by atoms with van der Waals surface area (Å²) in [5, 5.41) is 0. The van der Waals surface area contributed by atoms with Crippen LogP contribution in [0.1, 0.15) is 17.3 Å². The lowest BCUT2D eigenvalue weighted by atomic mass is 10.1. The molecule has 4 heteroatoms. The molecule has 1 unspecified atom stereocenters. The van der Waals surface area contributed by atoms with Crippen molar-refractivity contribution in [3.8, 4) is 0 Å². The van der Waals surface area contributed by atoms with Crippen LogP contribution < -0.4 is 5.73 Å². The number of hydrogen-bond acceptors (Lipinski definition) is 3. The Morgan fingerprint density at radius 3 is 2.53 bits per heavy atom. The first kappa shape index (κ1) is 14.2. The predicted octanol–water partition coefficient (Wildman–Crippen LogP) is 2.98. The number of nitrogens with two attached hydrogens (primary N) is 1. The molecule has 0 amide bonds. The molecule has 1 aromatic carbocycles. The zero-order valence-electron chi connectivity index (χ0n) is 11.0. The van der Waals surface area contributed by atoms with Gasteiger partial charge in [-0.2, -0.15) is 0 Å². The molecule has 0 saturated carbocycles. The number of benzene rings is 1. The molecule has 0 aliphatic heterocycles. The van der Waals surface area contributed by atoms with E-state index in [1.54, 1.807) is 0 Å². The van der Waals surface area contributed by atoms with Crippen LogP contribution in [0.2, 0.25) is 0 Å². The fraction of sp³-hybridized carbons (Fsp3) is 0.267. The topological polar surface area (TPSA) is 42.1 Å². The fourth-order valence-electron chi connectivity index (χ4n) is 2.09. The third kappa shape index (κ3) is 3.86. The molecule has 19 heavy (non-hydrogen) atoms. The molecule has 1 aromatic heterocycles. The summed E-state index contributed by atoms with van der Waals surface area (Å²) >= 11 is 3.45. The van der Waals surface area contributed by atoms with Crippen LogP contribution in [-0.4, -0.2) is 23.5 Å². The molecule has 2 aromatic rings. The molecule has 0 fully saturated rings. The van der Waals surface area contributed by atoms with Crippen molar-refractivity contribution in [1.82, 2.24) is 9.88 Å². The Morgan fingerprint density at radius 2 is 1.95 bits per heavy atom. The lowest BCUT2D eigenvalue weighted by Gasteiger charge is -2.26. The van der Waals surface area contributed by atoms with E-state index in [0.717, 1.165) is 16.7 Å². The summed E-state index contributed by atoms with van der Waals surface area (Å²) in [4.78, 5) is 6.63. The lowest BCUT2D eigenvalue weighted by molar-refractivity contribution is 0.237. The van der Waals surface area contributed by atoms with Gasteiger partial charge in [-0.3, -0.25) is 9.88 Å². The van der Waals surface area contributed by atoms with Gasteiger partial charge in [0.05, 0.1) is 11.7 Å². The van der Waals surface area contributed by atoms with Gasteiger partial charge in [-0.05, 0) is 36.9 Å². The van der Waals surface area contributed by atoms with E-state index in [1.807, 2.05) is 24.4 Å². The Balaban J connectivity index is 2.09. The summed E-state index contributed by atoms with van der Waals surface area (Å²) in [6.45, 7) is 1.41. The zero-order valence-corrected chi connectivity index (χ0v) is 12.5. The van der Waals surface area contributed by atoms with E-state index >= 15 is 0 Å². The molecule has 0 radical (unpaired) electrons. The predicted molar refractivity (Wildman–Crippen MR) is 81.6 cm³/mol. The maximum absolute atomic E-state index is 5.89. The largest absolute Gasteiger partial charge is 0.329 e. The van der Waals surface area contributed by atoms with Crippen molar-refractivity contribution in [3.05, 3.63) is 64.4 Å². The summed E-state index contributed by atoms with van der Waals surface area (Å²) in [7, 11) is 2.08. The van der Waals surface area contributed by atoms with E-state index in [9.17, 15) is 0 Å². The van der Waals surface area contributed by atoms with Crippen LogP contribution in [0.5, 0.6) is 0 Å². The van der Waals surface area contributed by atoms with Gasteiger partial charge in [-0.25, -0.2) is 0 Å². The van der Waals surface area contributed by atoms with Crippen molar-refractivity contribution in [1.29, 1.82) is 0 Å². The molecule has 0 saturated heterocycles. The smallest absolute Gasteiger partial charge is 0.0644 e. The van der Waals surface area contributed by atoms with Crippen LogP contribution in [0.3, 0.4) is 0 Å². The van der Waals surface area contributed by atoms with Crippen molar-refractivity contribution in [2.45, 2.75) is 12.6 Å². The van der Waals surface area contributed by atoms with Crippen LogP contribution in [0.25, 0.3) is 0 Å². The summed E-state index contributed by atoms with van der Waals surface area (Å²) in [5.74, 6) is 0. The first-order valence-electron chi connectivity index (χ1n) is 6.26. The van der Waals surface area contributed by atoms with Crippen molar-refractivity contribution < 1.29 is 0 Å². The summed E-state index contributed by atoms with van der Waals surface area (Å²) in [5.41, 5.74) is 8.18. The summed E-state index contributed by atoms with van der Waals surface area (Å²) in [6, 6.07) is 14.4. The maximum atomic E-state index is 5.89. The average molecular weight is 320 g/mol. The van der Waals surface area contributed by atoms with Gasteiger partial charge in [0.25, 0.3) is 0 Å². The molecule has 3 nitrogen and oxygen atoms in total. The fourth-order valence-corrected chi connectivity index (χ4v) is 2.35. The Hall–Kier alpha value is -1.23. The highest BCUT2D eigenvalue weighted by molar-refractivity contribution is 9.10. The molecule has 2 N–H and O–H groups in total. The molecule has 1 atom stereocenters. The van der Waals surface area contributed by atoms with E-state index in [-0.39, 0.29) is 6.04 Å². The quantitative estimate of drug-likeness (QED) is 0.921. The first-order valence-corrected chi connectivity index (χ1v) is 7.05. The van der Waals surface area contributed by atoms with E-state index in [2.05, 4.69) is 57.1 Å². The molecule has 0 aliphatic carbocycles. The van der Waals surface area contributed by atoms with Gasteiger partial charge in [0.15, 0.2) is 0 Å². The molecule has 2 rings (SSSR count). The van der Waals surface area contributed by atoms with Gasteiger partial charge in [-0.15, -0.1) is 0 Å². The van der Waals surface area contributed by atoms with E-state index in [1.165, 1.54) is 5.56 Å². The highest BCUT2D eigenvalue weighted by atomic mass is 79.9. The second-order valence-electron chi connectivity index (χ2n) is 4.55. The van der Waals surface area contributed by atoms with Gasteiger partial charge in [-0.1, -0.05) is 34.1 Å². The highest BCUT2D eigenvalue weighted by Crippen LogP contribution is 2.19. The van der Waals surface area contributed by atoms with Crippen LogP contribution in [-0.2, 0) is 6.54 Å². The molecular formula is C15H18BrN3. The number of aromatic nitrogens is 1. The lowest BCUT2D eigenvalue weighted by Crippen LogP contribution is -2.30. The van der Waals surface area contributed by atoms with Gasteiger partial charge >= 0.3 is 0 Å². The SMILES string of the molecule is CN(Cc1ccc(Br)cc1)C(CN)c1ccccn1. The van der Waals surface area contributed by atoms with Crippen molar-refractivity contribution in [3.63, 3.8) is 0 Å². The Bertz CT molecular complexity index is 499. The number of hydrogen-bond donors (Lipinski definition) is 1. The number of rotatable bonds is 5. The maximum Gasteiger partial charge on any atom is 0.0644 e. The van der Waals surface area contributed by atoms with Gasteiger partial charge < -0.3 is 5.73 Å². The Morgan fingerprint density at radius 1 is 1.21 bits per heavy atom. The van der Waals surface area contributed by atoms with Crippen LogP contribution in [0.15, 0.2) is 53.1 Å². The first-order chi connectivity index (χ1) is 9.20. The zero-order chi connectivity index (χ0) is 13.7. The molecule has 0 bridgehead atoms. The number of nitrogens with zero attached hydrogens (tertiary/aromatic N) is 2. The number of likely N-dealkylation sites (N-methyl/N-ethyl adjacent to an activating group) is 1. The Kier molecular flexibility index (Phi) is 5.07. The van der Waals surface area contributed by atoms with Crippen molar-refractivity contribution in [2.75, 3.05) is 13.6 Å². The van der Waals surface area contributed by atoms with Crippen LogP contribution in [0, 0.1) is 0 Å². The molecular weight excluding hydrogens is 302 g/mol. The minimum absolute atomic E-state index is 0.143. The minimum Gasteiger partial charge on any atom is -0.329 e. The second kappa shape index (κ2) is 6.80.